The molecule has 3 N–H and O–H groups in total. The van der Waals surface area contributed by atoms with E-state index in [9.17, 15) is 14.0 Å². The van der Waals surface area contributed by atoms with E-state index in [4.69, 9.17) is 5.11 Å². The predicted octanol–water partition coefficient (Wildman–Crippen LogP) is 2.62. The summed E-state index contributed by atoms with van der Waals surface area (Å²) in [7, 11) is 0. The van der Waals surface area contributed by atoms with Gasteiger partial charge < -0.3 is 15.7 Å². The Morgan fingerprint density at radius 1 is 1.24 bits per heavy atom. The maximum atomic E-state index is 13.1. The number of nitrogens with one attached hydrogen (secondary N) is 2. The van der Waals surface area contributed by atoms with Crippen molar-refractivity contribution in [2.45, 2.75) is 6.92 Å². The first kappa shape index (κ1) is 14.4. The predicted molar refractivity (Wildman–Crippen MR) is 75.2 cm³/mol. The lowest BCUT2D eigenvalue weighted by atomic mass is 10.2. The summed E-state index contributed by atoms with van der Waals surface area (Å²) in [6, 6.07) is 7.52. The van der Waals surface area contributed by atoms with Gasteiger partial charge in [-0.05, 0) is 24.3 Å². The molecule has 1 aromatic carbocycles. The minimum absolute atomic E-state index is 0.0175. The highest BCUT2D eigenvalue weighted by Gasteiger charge is 2.13. The molecule has 6 nitrogen and oxygen atoms in total. The molecule has 0 saturated carbocycles. The number of pyridine rings is 1. The van der Waals surface area contributed by atoms with Gasteiger partial charge in [0.05, 0.1) is 6.20 Å². The molecule has 0 aliphatic heterocycles. The van der Waals surface area contributed by atoms with E-state index in [1.165, 1.54) is 6.92 Å². The second kappa shape index (κ2) is 6.00. The third-order valence-corrected chi connectivity index (χ3v) is 2.53. The van der Waals surface area contributed by atoms with Crippen molar-refractivity contribution in [3.8, 4) is 0 Å². The SMILES string of the molecule is CC(=O)Nc1cccc(Nc2ncc(F)cc2C(=O)O)c1. The van der Waals surface area contributed by atoms with Crippen LogP contribution in [0.2, 0.25) is 0 Å². The Morgan fingerprint density at radius 3 is 2.62 bits per heavy atom. The fraction of sp³-hybridized carbons (Fsp3) is 0.0714. The number of hydrogen-bond donors (Lipinski definition) is 3. The highest BCUT2D eigenvalue weighted by atomic mass is 19.1. The first-order valence-corrected chi connectivity index (χ1v) is 5.99. The number of aromatic nitrogens is 1. The van der Waals surface area contributed by atoms with Gasteiger partial charge in [-0.25, -0.2) is 14.2 Å². The highest BCUT2D eigenvalue weighted by Crippen LogP contribution is 2.22. The van der Waals surface area contributed by atoms with E-state index in [1.54, 1.807) is 24.3 Å². The normalized spacial score (nSPS) is 10.0. The number of anilines is 3. The number of hydrogen-bond acceptors (Lipinski definition) is 4. The zero-order valence-corrected chi connectivity index (χ0v) is 11.1. The van der Waals surface area contributed by atoms with Crippen LogP contribution >= 0.6 is 0 Å². The monoisotopic (exact) mass is 289 g/mol. The smallest absolute Gasteiger partial charge is 0.339 e. The lowest BCUT2D eigenvalue weighted by molar-refractivity contribution is -0.114. The van der Waals surface area contributed by atoms with Crippen LogP contribution in [0.1, 0.15) is 17.3 Å². The van der Waals surface area contributed by atoms with Crippen molar-refractivity contribution in [2.24, 2.45) is 0 Å². The number of benzene rings is 1. The molecule has 2 aromatic rings. The topological polar surface area (TPSA) is 91.3 Å². The Kier molecular flexibility index (Phi) is 4.13. The summed E-state index contributed by atoms with van der Waals surface area (Å²) >= 11 is 0. The van der Waals surface area contributed by atoms with Gasteiger partial charge in [0.25, 0.3) is 0 Å². The Morgan fingerprint density at radius 2 is 1.95 bits per heavy atom. The fourth-order valence-corrected chi connectivity index (χ4v) is 1.72. The summed E-state index contributed by atoms with van der Waals surface area (Å²) in [5.74, 6) is -2.23. The number of carboxylic acid groups (broad SMARTS) is 1. The van der Waals surface area contributed by atoms with Crippen LogP contribution in [0.5, 0.6) is 0 Å². The van der Waals surface area contributed by atoms with Gasteiger partial charge in [-0.2, -0.15) is 0 Å². The van der Waals surface area contributed by atoms with E-state index >= 15 is 0 Å². The van der Waals surface area contributed by atoms with Crippen LogP contribution in [-0.4, -0.2) is 22.0 Å². The molecule has 0 saturated heterocycles. The molecule has 1 aromatic heterocycles. The summed E-state index contributed by atoms with van der Waals surface area (Å²) in [5, 5.41) is 14.4. The van der Waals surface area contributed by atoms with Crippen LogP contribution in [0.25, 0.3) is 0 Å². The van der Waals surface area contributed by atoms with Crippen LogP contribution in [-0.2, 0) is 4.79 Å². The molecular formula is C14H12FN3O3. The van der Waals surface area contributed by atoms with E-state index in [2.05, 4.69) is 15.6 Å². The average molecular weight is 289 g/mol. The second-order valence-electron chi connectivity index (χ2n) is 4.24. The minimum atomic E-state index is -1.29. The molecule has 1 amide bonds. The van der Waals surface area contributed by atoms with E-state index < -0.39 is 11.8 Å². The van der Waals surface area contributed by atoms with Crippen molar-refractivity contribution >= 4 is 29.1 Å². The minimum Gasteiger partial charge on any atom is -0.478 e. The zero-order valence-electron chi connectivity index (χ0n) is 11.1. The molecular weight excluding hydrogens is 277 g/mol. The van der Waals surface area contributed by atoms with Crippen molar-refractivity contribution in [3.63, 3.8) is 0 Å². The number of halogens is 1. The molecule has 0 radical (unpaired) electrons. The third-order valence-electron chi connectivity index (χ3n) is 2.53. The molecule has 7 heteroatoms. The Labute approximate surface area is 119 Å². The standard InChI is InChI=1S/C14H12FN3O3/c1-8(19)17-10-3-2-4-11(6-10)18-13-12(14(20)21)5-9(15)7-16-13/h2-7H,1H3,(H,16,18)(H,17,19)(H,20,21). The molecule has 21 heavy (non-hydrogen) atoms. The van der Waals surface area contributed by atoms with Crippen molar-refractivity contribution in [3.05, 3.63) is 47.9 Å². The van der Waals surface area contributed by atoms with Gasteiger partial charge in [0.1, 0.15) is 17.2 Å². The molecule has 0 bridgehead atoms. The summed E-state index contributed by atoms with van der Waals surface area (Å²) in [6.45, 7) is 1.38. The number of carboxylic acids is 1. The Balaban J connectivity index is 2.30. The molecule has 0 spiro atoms. The molecule has 1 heterocycles. The van der Waals surface area contributed by atoms with Gasteiger partial charge in [-0.1, -0.05) is 6.07 Å². The Hall–Kier alpha value is -2.96. The van der Waals surface area contributed by atoms with E-state index in [1.807, 2.05) is 0 Å². The molecule has 0 aliphatic rings. The first-order valence-electron chi connectivity index (χ1n) is 5.99. The van der Waals surface area contributed by atoms with Crippen LogP contribution in [0.15, 0.2) is 36.5 Å². The van der Waals surface area contributed by atoms with Gasteiger partial charge in [0.2, 0.25) is 5.91 Å². The van der Waals surface area contributed by atoms with Gasteiger partial charge in [0.15, 0.2) is 0 Å². The van der Waals surface area contributed by atoms with E-state index in [0.717, 1.165) is 12.3 Å². The lowest BCUT2D eigenvalue weighted by Crippen LogP contribution is -2.07. The second-order valence-corrected chi connectivity index (χ2v) is 4.24. The molecule has 0 unspecified atom stereocenters. The summed E-state index contributed by atoms with van der Waals surface area (Å²) in [6.07, 6.45) is 0.923. The maximum absolute atomic E-state index is 13.1. The largest absolute Gasteiger partial charge is 0.478 e. The van der Waals surface area contributed by atoms with Crippen LogP contribution in [0.4, 0.5) is 21.6 Å². The number of carbonyl (C=O) groups is 2. The third kappa shape index (κ3) is 3.75. The van der Waals surface area contributed by atoms with Crippen LogP contribution in [0.3, 0.4) is 0 Å². The molecule has 0 fully saturated rings. The van der Waals surface area contributed by atoms with Gasteiger partial charge in [0, 0.05) is 18.3 Å². The zero-order chi connectivity index (χ0) is 15.4. The van der Waals surface area contributed by atoms with Crippen LogP contribution in [0, 0.1) is 5.82 Å². The number of carbonyl (C=O) groups excluding carboxylic acids is 1. The van der Waals surface area contributed by atoms with Crippen molar-refractivity contribution in [1.82, 2.24) is 4.98 Å². The molecule has 0 aliphatic carbocycles. The highest BCUT2D eigenvalue weighted by molar-refractivity contribution is 5.94. The first-order chi connectivity index (χ1) is 9.95. The fourth-order valence-electron chi connectivity index (χ4n) is 1.72. The van der Waals surface area contributed by atoms with Gasteiger partial charge in [-0.15, -0.1) is 0 Å². The van der Waals surface area contributed by atoms with Crippen molar-refractivity contribution in [1.29, 1.82) is 0 Å². The summed E-state index contributed by atoms with van der Waals surface area (Å²) in [4.78, 5) is 25.8. The maximum Gasteiger partial charge on any atom is 0.339 e. The van der Waals surface area contributed by atoms with Gasteiger partial charge in [-0.3, -0.25) is 4.79 Å². The quantitative estimate of drug-likeness (QED) is 0.804. The van der Waals surface area contributed by atoms with E-state index in [0.29, 0.717) is 11.4 Å². The summed E-state index contributed by atoms with van der Waals surface area (Å²) < 4.78 is 13.1. The molecule has 108 valence electrons. The molecule has 0 atom stereocenters. The van der Waals surface area contributed by atoms with Crippen molar-refractivity contribution < 1.29 is 19.1 Å². The van der Waals surface area contributed by atoms with Crippen molar-refractivity contribution in [2.75, 3.05) is 10.6 Å². The number of aromatic carboxylic acids is 1. The number of nitrogens with zero attached hydrogens (tertiary/aromatic N) is 1. The van der Waals surface area contributed by atoms with Gasteiger partial charge >= 0.3 is 5.97 Å². The Bertz CT molecular complexity index is 704. The molecule has 2 rings (SSSR count). The average Bonchev–Trinajstić information content (AvgIpc) is 2.40. The van der Waals surface area contributed by atoms with E-state index in [-0.39, 0.29) is 17.3 Å². The summed E-state index contributed by atoms with van der Waals surface area (Å²) in [5.41, 5.74) is 0.786. The lowest BCUT2D eigenvalue weighted by Gasteiger charge is -2.10. The van der Waals surface area contributed by atoms with Crippen LogP contribution < -0.4 is 10.6 Å². The number of amides is 1. The number of rotatable bonds is 4.